The van der Waals surface area contributed by atoms with Crippen molar-refractivity contribution in [1.82, 2.24) is 0 Å². The predicted molar refractivity (Wildman–Crippen MR) is 74.8 cm³/mol. The van der Waals surface area contributed by atoms with Crippen LogP contribution < -0.4 is 10.5 Å². The second-order valence-electron chi connectivity index (χ2n) is 4.67. The summed E-state index contributed by atoms with van der Waals surface area (Å²) in [5, 5.41) is 0. The van der Waals surface area contributed by atoms with Crippen LogP contribution in [-0.2, 0) is 6.42 Å². The Kier molecular flexibility index (Phi) is 4.69. The molecule has 2 rings (SSSR count). The van der Waals surface area contributed by atoms with Gasteiger partial charge in [-0.25, -0.2) is 8.78 Å². The fourth-order valence-corrected chi connectivity index (χ4v) is 1.85. The van der Waals surface area contributed by atoms with Gasteiger partial charge in [-0.3, -0.25) is 0 Å². The van der Waals surface area contributed by atoms with Gasteiger partial charge in [0.05, 0.1) is 0 Å². The molecule has 1 atom stereocenters. The predicted octanol–water partition coefficient (Wildman–Crippen LogP) is 4.04. The molecule has 2 aromatic carbocycles. The first-order chi connectivity index (χ1) is 9.60. The van der Waals surface area contributed by atoms with E-state index < -0.39 is 11.6 Å². The van der Waals surface area contributed by atoms with Crippen LogP contribution in [0.1, 0.15) is 18.9 Å². The zero-order valence-corrected chi connectivity index (χ0v) is 11.3. The fourth-order valence-electron chi connectivity index (χ4n) is 1.85. The number of rotatable bonds is 5. The highest BCUT2D eigenvalue weighted by Crippen LogP contribution is 2.27. The first-order valence-electron chi connectivity index (χ1n) is 6.56. The van der Waals surface area contributed by atoms with E-state index in [1.807, 2.05) is 6.92 Å². The minimum atomic E-state index is -0.524. The van der Waals surface area contributed by atoms with Crippen molar-refractivity contribution in [2.24, 2.45) is 5.73 Å². The summed E-state index contributed by atoms with van der Waals surface area (Å²) in [6.07, 6.45) is 1.43. The largest absolute Gasteiger partial charge is 0.451 e. The average molecular weight is 277 g/mol. The molecule has 0 aliphatic heterocycles. The normalized spacial score (nSPS) is 12.2. The fraction of sp³-hybridized carbons (Fsp3) is 0.250. The second kappa shape index (κ2) is 6.48. The Morgan fingerprint density at radius 2 is 1.75 bits per heavy atom. The van der Waals surface area contributed by atoms with E-state index >= 15 is 0 Å². The smallest absolute Gasteiger partial charge is 0.165 e. The lowest BCUT2D eigenvalue weighted by Crippen LogP contribution is -2.21. The summed E-state index contributed by atoms with van der Waals surface area (Å²) < 4.78 is 32.6. The number of halogens is 2. The van der Waals surface area contributed by atoms with Gasteiger partial charge in [-0.15, -0.1) is 0 Å². The van der Waals surface area contributed by atoms with Crippen molar-refractivity contribution in [3.8, 4) is 11.5 Å². The van der Waals surface area contributed by atoms with Crippen molar-refractivity contribution in [3.63, 3.8) is 0 Å². The maximum atomic E-state index is 13.9. The van der Waals surface area contributed by atoms with Crippen LogP contribution in [0.4, 0.5) is 8.78 Å². The van der Waals surface area contributed by atoms with E-state index in [1.165, 1.54) is 24.3 Å². The van der Waals surface area contributed by atoms with Crippen LogP contribution >= 0.6 is 0 Å². The molecule has 0 aliphatic rings. The number of benzene rings is 2. The maximum Gasteiger partial charge on any atom is 0.165 e. The molecule has 0 fully saturated rings. The Morgan fingerprint density at radius 3 is 2.40 bits per heavy atom. The molecular weight excluding hydrogens is 260 g/mol. The number of hydrogen-bond donors (Lipinski definition) is 1. The van der Waals surface area contributed by atoms with E-state index in [4.69, 9.17) is 10.5 Å². The summed E-state index contributed by atoms with van der Waals surface area (Å²) in [4.78, 5) is 0. The SMILES string of the molecule is CCC(N)Cc1ccc(Oc2ccccc2F)c(F)c1. The number of nitrogens with two attached hydrogens (primary N) is 1. The molecule has 0 aromatic heterocycles. The summed E-state index contributed by atoms with van der Waals surface area (Å²) in [6, 6.07) is 10.5. The molecule has 2 nitrogen and oxygen atoms in total. The van der Waals surface area contributed by atoms with Gasteiger partial charge in [-0.1, -0.05) is 25.1 Å². The Labute approximate surface area is 117 Å². The van der Waals surface area contributed by atoms with Gasteiger partial charge < -0.3 is 10.5 Å². The Balaban J connectivity index is 2.16. The van der Waals surface area contributed by atoms with Crippen LogP contribution in [-0.4, -0.2) is 6.04 Å². The zero-order chi connectivity index (χ0) is 14.5. The van der Waals surface area contributed by atoms with E-state index in [9.17, 15) is 8.78 Å². The van der Waals surface area contributed by atoms with E-state index in [1.54, 1.807) is 18.2 Å². The third-order valence-corrected chi connectivity index (χ3v) is 3.08. The Hall–Kier alpha value is -1.94. The average Bonchev–Trinajstić information content (AvgIpc) is 2.44. The van der Waals surface area contributed by atoms with Gasteiger partial charge in [-0.05, 0) is 42.7 Å². The number of ether oxygens (including phenoxy) is 1. The number of para-hydroxylation sites is 1. The molecule has 2 N–H and O–H groups in total. The molecule has 0 spiro atoms. The second-order valence-corrected chi connectivity index (χ2v) is 4.67. The highest BCUT2D eigenvalue weighted by atomic mass is 19.1. The van der Waals surface area contributed by atoms with Crippen molar-refractivity contribution in [2.45, 2.75) is 25.8 Å². The van der Waals surface area contributed by atoms with Crippen LogP contribution in [0.5, 0.6) is 11.5 Å². The third-order valence-electron chi connectivity index (χ3n) is 3.08. The first-order valence-corrected chi connectivity index (χ1v) is 6.56. The van der Waals surface area contributed by atoms with Crippen molar-refractivity contribution in [3.05, 3.63) is 59.7 Å². The van der Waals surface area contributed by atoms with Crippen LogP contribution in [0, 0.1) is 11.6 Å². The summed E-state index contributed by atoms with van der Waals surface area (Å²) >= 11 is 0. The number of hydrogen-bond acceptors (Lipinski definition) is 2. The molecular formula is C16H17F2NO. The van der Waals surface area contributed by atoms with E-state index in [2.05, 4.69) is 0 Å². The van der Waals surface area contributed by atoms with E-state index in [0.717, 1.165) is 12.0 Å². The molecule has 2 aromatic rings. The topological polar surface area (TPSA) is 35.2 Å². The lowest BCUT2D eigenvalue weighted by atomic mass is 10.0. The lowest BCUT2D eigenvalue weighted by Gasteiger charge is -2.11. The summed E-state index contributed by atoms with van der Waals surface area (Å²) in [6.45, 7) is 1.98. The third kappa shape index (κ3) is 3.54. The van der Waals surface area contributed by atoms with E-state index in [-0.39, 0.29) is 17.5 Å². The summed E-state index contributed by atoms with van der Waals surface area (Å²) in [5.41, 5.74) is 6.64. The van der Waals surface area contributed by atoms with Crippen molar-refractivity contribution < 1.29 is 13.5 Å². The molecule has 1 unspecified atom stereocenters. The highest BCUT2D eigenvalue weighted by molar-refractivity contribution is 5.35. The molecule has 0 radical (unpaired) electrons. The van der Waals surface area contributed by atoms with Gasteiger partial charge in [0.2, 0.25) is 0 Å². The van der Waals surface area contributed by atoms with Gasteiger partial charge in [0.25, 0.3) is 0 Å². The maximum absolute atomic E-state index is 13.9. The molecule has 0 aliphatic carbocycles. The monoisotopic (exact) mass is 277 g/mol. The Morgan fingerprint density at radius 1 is 1.05 bits per heavy atom. The van der Waals surface area contributed by atoms with Gasteiger partial charge in [0.1, 0.15) is 0 Å². The van der Waals surface area contributed by atoms with Crippen LogP contribution in [0.15, 0.2) is 42.5 Å². The van der Waals surface area contributed by atoms with Gasteiger partial charge in [0, 0.05) is 6.04 Å². The van der Waals surface area contributed by atoms with Gasteiger partial charge in [0.15, 0.2) is 23.1 Å². The highest BCUT2D eigenvalue weighted by Gasteiger charge is 2.10. The summed E-state index contributed by atoms with van der Waals surface area (Å²) in [7, 11) is 0. The first kappa shape index (κ1) is 14.5. The molecule has 0 saturated carbocycles. The van der Waals surface area contributed by atoms with Crippen molar-refractivity contribution in [2.75, 3.05) is 0 Å². The zero-order valence-electron chi connectivity index (χ0n) is 11.3. The van der Waals surface area contributed by atoms with Crippen molar-refractivity contribution >= 4 is 0 Å². The van der Waals surface area contributed by atoms with Crippen LogP contribution in [0.2, 0.25) is 0 Å². The van der Waals surface area contributed by atoms with Crippen molar-refractivity contribution in [1.29, 1.82) is 0 Å². The standard InChI is InChI=1S/C16H17F2NO/c1-2-12(19)9-11-7-8-16(14(18)10-11)20-15-6-4-3-5-13(15)17/h3-8,10,12H,2,9,19H2,1H3. The Bertz CT molecular complexity index is 586. The molecule has 0 bridgehead atoms. The van der Waals surface area contributed by atoms with Crippen LogP contribution in [0.25, 0.3) is 0 Å². The molecule has 0 saturated heterocycles. The van der Waals surface area contributed by atoms with E-state index in [0.29, 0.717) is 6.42 Å². The molecule has 0 amide bonds. The quantitative estimate of drug-likeness (QED) is 0.895. The molecule has 106 valence electrons. The molecule has 20 heavy (non-hydrogen) atoms. The summed E-state index contributed by atoms with van der Waals surface area (Å²) in [5.74, 6) is -1.04. The molecule has 4 heteroatoms. The molecule has 0 heterocycles. The van der Waals surface area contributed by atoms with Crippen LogP contribution in [0.3, 0.4) is 0 Å². The van der Waals surface area contributed by atoms with Gasteiger partial charge in [-0.2, -0.15) is 0 Å². The van der Waals surface area contributed by atoms with Gasteiger partial charge >= 0.3 is 0 Å². The minimum absolute atomic E-state index is 0.00363. The lowest BCUT2D eigenvalue weighted by molar-refractivity contribution is 0.414. The minimum Gasteiger partial charge on any atom is -0.451 e.